The van der Waals surface area contributed by atoms with Crippen molar-refractivity contribution in [3.05, 3.63) is 94.9 Å². The molecule has 0 N–H and O–H groups in total. The quantitative estimate of drug-likeness (QED) is 0.677. The van der Waals surface area contributed by atoms with Crippen molar-refractivity contribution < 1.29 is 9.21 Å². The Morgan fingerprint density at radius 2 is 1.68 bits per heavy atom. The van der Waals surface area contributed by atoms with Crippen LogP contribution in [0.15, 0.2) is 71.3 Å². The number of carbonyl (C=O) groups is 1. The predicted octanol–water partition coefficient (Wildman–Crippen LogP) is 4.44. The Hall–Kier alpha value is -2.85. The molecule has 1 atom stereocenters. The van der Waals surface area contributed by atoms with Crippen LogP contribution < -0.4 is 0 Å². The van der Waals surface area contributed by atoms with Gasteiger partial charge in [0.15, 0.2) is 5.76 Å². The maximum atomic E-state index is 12.6. The fourth-order valence-electron chi connectivity index (χ4n) is 4.02. The molecule has 0 saturated carbocycles. The summed E-state index contributed by atoms with van der Waals surface area (Å²) >= 11 is 0. The van der Waals surface area contributed by atoms with Crippen LogP contribution >= 0.6 is 0 Å². The van der Waals surface area contributed by atoms with Gasteiger partial charge in [0.1, 0.15) is 0 Å². The van der Waals surface area contributed by atoms with Crippen molar-refractivity contribution in [2.45, 2.75) is 19.9 Å². The van der Waals surface area contributed by atoms with Gasteiger partial charge in [0, 0.05) is 26.2 Å². The van der Waals surface area contributed by atoms with Gasteiger partial charge >= 0.3 is 0 Å². The maximum Gasteiger partial charge on any atom is 0.289 e. The molecule has 2 heterocycles. The number of hydrogen-bond acceptors (Lipinski definition) is 3. The summed E-state index contributed by atoms with van der Waals surface area (Å²) in [4.78, 5) is 17.0. The van der Waals surface area contributed by atoms with Crippen LogP contribution in [0.4, 0.5) is 0 Å². The number of piperazine rings is 1. The molecule has 4 nitrogen and oxygen atoms in total. The normalized spacial score (nSPS) is 16.1. The number of hydrogen-bond donors (Lipinski definition) is 0. The summed E-state index contributed by atoms with van der Waals surface area (Å²) in [6.45, 7) is 7.40. The molecule has 1 saturated heterocycles. The Morgan fingerprint density at radius 1 is 0.929 bits per heavy atom. The van der Waals surface area contributed by atoms with Crippen LogP contribution in [0.25, 0.3) is 0 Å². The molecule has 4 rings (SSSR count). The predicted molar refractivity (Wildman–Crippen MR) is 110 cm³/mol. The minimum Gasteiger partial charge on any atom is -0.459 e. The van der Waals surface area contributed by atoms with Crippen molar-refractivity contribution in [1.82, 2.24) is 9.80 Å². The average molecular weight is 374 g/mol. The Kier molecular flexibility index (Phi) is 5.31. The van der Waals surface area contributed by atoms with Crippen LogP contribution in [0.1, 0.15) is 38.9 Å². The molecule has 0 bridgehead atoms. The Balaban J connectivity index is 1.58. The molecule has 0 spiro atoms. The van der Waals surface area contributed by atoms with Gasteiger partial charge in [-0.3, -0.25) is 9.69 Å². The second-order valence-electron chi connectivity index (χ2n) is 7.48. The summed E-state index contributed by atoms with van der Waals surface area (Å²) in [7, 11) is 0. The molecular weight excluding hydrogens is 348 g/mol. The van der Waals surface area contributed by atoms with E-state index < -0.39 is 0 Å². The van der Waals surface area contributed by atoms with Gasteiger partial charge in [0.05, 0.1) is 12.3 Å². The monoisotopic (exact) mass is 374 g/mol. The van der Waals surface area contributed by atoms with Crippen LogP contribution in [-0.2, 0) is 0 Å². The minimum absolute atomic E-state index is 0.0207. The SMILES string of the molecule is Cc1ccc(C)c([C@@H](c2ccccc2)N2CCN(C(=O)c3ccco3)CC2)c1. The number of carbonyl (C=O) groups excluding carboxylic acids is 1. The highest BCUT2D eigenvalue weighted by molar-refractivity contribution is 5.91. The first kappa shape index (κ1) is 18.5. The first-order chi connectivity index (χ1) is 13.6. The number of amides is 1. The van der Waals surface area contributed by atoms with E-state index >= 15 is 0 Å². The molecule has 1 fully saturated rings. The Morgan fingerprint density at radius 3 is 2.36 bits per heavy atom. The number of rotatable bonds is 4. The summed E-state index contributed by atoms with van der Waals surface area (Å²) in [5.74, 6) is 0.398. The lowest BCUT2D eigenvalue weighted by molar-refractivity contribution is 0.0567. The van der Waals surface area contributed by atoms with Gasteiger partial charge in [-0.25, -0.2) is 0 Å². The molecule has 28 heavy (non-hydrogen) atoms. The van der Waals surface area contributed by atoms with Crippen LogP contribution in [0.2, 0.25) is 0 Å². The van der Waals surface area contributed by atoms with Crippen LogP contribution in [0.3, 0.4) is 0 Å². The summed E-state index contributed by atoms with van der Waals surface area (Å²) in [6.07, 6.45) is 1.55. The lowest BCUT2D eigenvalue weighted by Gasteiger charge is -2.40. The Bertz CT molecular complexity index is 927. The van der Waals surface area contributed by atoms with Gasteiger partial charge in [0.2, 0.25) is 0 Å². The van der Waals surface area contributed by atoms with Gasteiger partial charge in [-0.15, -0.1) is 0 Å². The molecule has 1 amide bonds. The molecule has 2 aromatic carbocycles. The van der Waals surface area contributed by atoms with E-state index in [0.29, 0.717) is 18.8 Å². The van der Waals surface area contributed by atoms with E-state index in [1.165, 1.54) is 22.3 Å². The standard InChI is InChI=1S/C24H26N2O2/c1-18-10-11-19(2)21(17-18)23(20-7-4-3-5-8-20)25-12-14-26(15-13-25)24(27)22-9-6-16-28-22/h3-11,16-17,23H,12-15H2,1-2H3/t23-/m1/s1. The molecular formula is C24H26N2O2. The molecule has 1 aliphatic heterocycles. The molecule has 1 aromatic heterocycles. The average Bonchev–Trinajstić information content (AvgIpc) is 3.26. The lowest BCUT2D eigenvalue weighted by Crippen LogP contribution is -2.49. The lowest BCUT2D eigenvalue weighted by atomic mass is 9.92. The van der Waals surface area contributed by atoms with Crippen LogP contribution in [-0.4, -0.2) is 41.9 Å². The number of aryl methyl sites for hydroxylation is 2. The number of nitrogens with zero attached hydrogens (tertiary/aromatic N) is 2. The second-order valence-corrected chi connectivity index (χ2v) is 7.48. The van der Waals surface area contributed by atoms with Crippen molar-refractivity contribution in [2.75, 3.05) is 26.2 Å². The van der Waals surface area contributed by atoms with Crippen molar-refractivity contribution in [3.8, 4) is 0 Å². The summed E-state index contributed by atoms with van der Waals surface area (Å²) in [5, 5.41) is 0. The largest absolute Gasteiger partial charge is 0.459 e. The molecule has 4 heteroatoms. The molecule has 3 aromatic rings. The summed E-state index contributed by atoms with van der Waals surface area (Å²) in [6, 6.07) is 21.0. The van der Waals surface area contributed by atoms with E-state index in [1.807, 2.05) is 4.90 Å². The fraction of sp³-hybridized carbons (Fsp3) is 0.292. The first-order valence-electron chi connectivity index (χ1n) is 9.82. The van der Waals surface area contributed by atoms with E-state index in [2.05, 4.69) is 67.3 Å². The van der Waals surface area contributed by atoms with Gasteiger partial charge in [0.25, 0.3) is 5.91 Å². The van der Waals surface area contributed by atoms with Crippen LogP contribution in [0, 0.1) is 13.8 Å². The van der Waals surface area contributed by atoms with Crippen LogP contribution in [0.5, 0.6) is 0 Å². The van der Waals surface area contributed by atoms with Gasteiger partial charge in [-0.1, -0.05) is 54.1 Å². The zero-order valence-corrected chi connectivity index (χ0v) is 16.5. The van der Waals surface area contributed by atoms with E-state index in [1.54, 1.807) is 18.4 Å². The van der Waals surface area contributed by atoms with Gasteiger partial charge in [-0.05, 0) is 42.7 Å². The third-order valence-electron chi connectivity index (χ3n) is 5.54. The zero-order valence-electron chi connectivity index (χ0n) is 16.5. The first-order valence-corrected chi connectivity index (χ1v) is 9.82. The Labute approximate surface area is 166 Å². The van der Waals surface area contributed by atoms with Crippen molar-refractivity contribution >= 4 is 5.91 Å². The topological polar surface area (TPSA) is 36.7 Å². The molecule has 144 valence electrons. The van der Waals surface area contributed by atoms with Gasteiger partial charge < -0.3 is 9.32 Å². The van der Waals surface area contributed by atoms with Gasteiger partial charge in [-0.2, -0.15) is 0 Å². The van der Waals surface area contributed by atoms with Crippen molar-refractivity contribution in [2.24, 2.45) is 0 Å². The van der Waals surface area contributed by atoms with E-state index in [0.717, 1.165) is 13.1 Å². The van der Waals surface area contributed by atoms with Crippen molar-refractivity contribution in [3.63, 3.8) is 0 Å². The fourth-order valence-corrected chi connectivity index (χ4v) is 4.02. The summed E-state index contributed by atoms with van der Waals surface area (Å²) < 4.78 is 5.29. The maximum absolute atomic E-state index is 12.6. The summed E-state index contributed by atoms with van der Waals surface area (Å²) in [5.41, 5.74) is 5.21. The smallest absolute Gasteiger partial charge is 0.289 e. The van der Waals surface area contributed by atoms with E-state index in [-0.39, 0.29) is 11.9 Å². The highest BCUT2D eigenvalue weighted by Crippen LogP contribution is 2.32. The van der Waals surface area contributed by atoms with Crippen molar-refractivity contribution in [1.29, 1.82) is 0 Å². The molecule has 0 unspecified atom stereocenters. The third-order valence-corrected chi connectivity index (χ3v) is 5.54. The second kappa shape index (κ2) is 8.03. The molecule has 1 aliphatic rings. The van der Waals surface area contributed by atoms with E-state index in [9.17, 15) is 4.79 Å². The number of benzene rings is 2. The molecule has 0 aliphatic carbocycles. The van der Waals surface area contributed by atoms with E-state index in [4.69, 9.17) is 4.42 Å². The highest BCUT2D eigenvalue weighted by Gasteiger charge is 2.30. The number of furan rings is 1. The molecule has 0 radical (unpaired) electrons. The zero-order chi connectivity index (χ0) is 19.5. The third kappa shape index (κ3) is 3.73. The minimum atomic E-state index is -0.0207. The highest BCUT2D eigenvalue weighted by atomic mass is 16.3.